The van der Waals surface area contributed by atoms with Crippen molar-refractivity contribution in [3.8, 4) is 0 Å². The van der Waals surface area contributed by atoms with Gasteiger partial charge in [-0.05, 0) is 48.4 Å². The average molecular weight is 521 g/mol. The molecule has 3 aromatic carbocycles. The lowest BCUT2D eigenvalue weighted by molar-refractivity contribution is -0.120. The van der Waals surface area contributed by atoms with E-state index in [4.69, 9.17) is 11.6 Å². The second kappa shape index (κ2) is 10.6. The van der Waals surface area contributed by atoms with Crippen LogP contribution in [0.5, 0.6) is 0 Å². The van der Waals surface area contributed by atoms with Crippen LogP contribution in [0.25, 0.3) is 0 Å². The maximum atomic E-state index is 13.4. The molecule has 7 nitrogen and oxygen atoms in total. The first-order chi connectivity index (χ1) is 16.0. The van der Waals surface area contributed by atoms with Gasteiger partial charge in [-0.2, -0.15) is 0 Å². The fourth-order valence-corrected chi connectivity index (χ4v) is 5.79. The van der Waals surface area contributed by atoms with Gasteiger partial charge in [0.1, 0.15) is 6.54 Å². The molecule has 0 radical (unpaired) electrons. The highest BCUT2D eigenvalue weighted by atomic mass is 35.5. The number of rotatable bonds is 9. The Balaban J connectivity index is 1.89. The Bertz CT molecular complexity index is 1360. The first-order valence-electron chi connectivity index (χ1n) is 10.5. The molecule has 0 bridgehead atoms. The summed E-state index contributed by atoms with van der Waals surface area (Å²) in [6.45, 7) is 1.38. The van der Waals surface area contributed by atoms with E-state index in [-0.39, 0.29) is 20.5 Å². The summed E-state index contributed by atoms with van der Waals surface area (Å²) in [5.74, 6) is -0.529. The number of hydrogen-bond acceptors (Lipinski definition) is 5. The Morgan fingerprint density at radius 2 is 1.47 bits per heavy atom. The average Bonchev–Trinajstić information content (AvgIpc) is 2.81. The minimum Gasteiger partial charge on any atom is -0.348 e. The first-order valence-corrected chi connectivity index (χ1v) is 14.2. The van der Waals surface area contributed by atoms with Gasteiger partial charge in [0.2, 0.25) is 5.91 Å². The summed E-state index contributed by atoms with van der Waals surface area (Å²) in [4.78, 5) is 13.2. The first kappa shape index (κ1) is 25.7. The lowest BCUT2D eigenvalue weighted by Gasteiger charge is -2.26. The second-order valence-electron chi connectivity index (χ2n) is 7.65. The number of halogens is 1. The third-order valence-electron chi connectivity index (χ3n) is 5.19. The van der Waals surface area contributed by atoms with Crippen molar-refractivity contribution in [1.29, 1.82) is 0 Å². The van der Waals surface area contributed by atoms with Gasteiger partial charge in [0.15, 0.2) is 9.84 Å². The summed E-state index contributed by atoms with van der Waals surface area (Å²) in [5, 5.41) is 3.04. The molecule has 0 fully saturated rings. The molecule has 10 heteroatoms. The third kappa shape index (κ3) is 5.97. The molecular formula is C24H25ClN2O5S2. The van der Waals surface area contributed by atoms with Crippen LogP contribution in [0, 0.1) is 0 Å². The van der Waals surface area contributed by atoms with Crippen LogP contribution in [-0.4, -0.2) is 35.5 Å². The molecule has 0 saturated carbocycles. The molecule has 0 aliphatic carbocycles. The van der Waals surface area contributed by atoms with Crippen molar-refractivity contribution in [3.05, 3.63) is 89.4 Å². The Hall–Kier alpha value is -2.88. The number of carbonyl (C=O) groups excluding carboxylic acids is 1. The molecule has 0 aromatic heterocycles. The van der Waals surface area contributed by atoms with Crippen LogP contribution >= 0.6 is 11.6 Å². The van der Waals surface area contributed by atoms with E-state index in [1.165, 1.54) is 30.3 Å². The Kier molecular flexibility index (Phi) is 8.01. The monoisotopic (exact) mass is 520 g/mol. The van der Waals surface area contributed by atoms with Gasteiger partial charge in [-0.3, -0.25) is 9.10 Å². The van der Waals surface area contributed by atoms with Crippen LogP contribution in [0.15, 0.2) is 88.7 Å². The number of nitrogens with one attached hydrogen (secondary N) is 1. The van der Waals surface area contributed by atoms with Crippen LogP contribution in [0.3, 0.4) is 0 Å². The highest BCUT2D eigenvalue weighted by Crippen LogP contribution is 2.30. The van der Waals surface area contributed by atoms with Crippen LogP contribution < -0.4 is 9.62 Å². The normalized spacial score (nSPS) is 12.7. The molecule has 3 aromatic rings. The lowest BCUT2D eigenvalue weighted by atomic mass is 10.0. The van der Waals surface area contributed by atoms with Gasteiger partial charge < -0.3 is 5.32 Å². The van der Waals surface area contributed by atoms with Gasteiger partial charge in [-0.15, -0.1) is 0 Å². The highest BCUT2D eigenvalue weighted by Gasteiger charge is 2.29. The quantitative estimate of drug-likeness (QED) is 0.455. The van der Waals surface area contributed by atoms with E-state index in [9.17, 15) is 21.6 Å². The van der Waals surface area contributed by atoms with Crippen molar-refractivity contribution in [2.24, 2.45) is 0 Å². The van der Waals surface area contributed by atoms with Crippen molar-refractivity contribution >= 4 is 43.1 Å². The number of amides is 1. The lowest BCUT2D eigenvalue weighted by Crippen LogP contribution is -2.42. The van der Waals surface area contributed by atoms with Crippen molar-refractivity contribution < 1.29 is 21.6 Å². The molecule has 0 saturated heterocycles. The Labute approximate surface area is 205 Å². The minimum atomic E-state index is -4.08. The molecular weight excluding hydrogens is 496 g/mol. The van der Waals surface area contributed by atoms with Gasteiger partial charge >= 0.3 is 0 Å². The summed E-state index contributed by atoms with van der Waals surface area (Å²) in [6, 6.07) is 20.0. The predicted molar refractivity (Wildman–Crippen MR) is 133 cm³/mol. The van der Waals surface area contributed by atoms with E-state index in [0.29, 0.717) is 12.0 Å². The zero-order valence-corrected chi connectivity index (χ0v) is 21.1. The number of nitrogens with zero attached hydrogens (tertiary/aromatic N) is 1. The minimum absolute atomic E-state index is 0.0334. The van der Waals surface area contributed by atoms with Gasteiger partial charge in [0.05, 0.1) is 26.5 Å². The number of benzene rings is 3. The summed E-state index contributed by atoms with van der Waals surface area (Å²) in [5.41, 5.74) is 0.896. The van der Waals surface area contributed by atoms with Gasteiger partial charge in [-0.25, -0.2) is 16.8 Å². The van der Waals surface area contributed by atoms with Crippen LogP contribution in [-0.2, 0) is 24.7 Å². The fourth-order valence-electron chi connectivity index (χ4n) is 3.41. The van der Waals surface area contributed by atoms with E-state index < -0.39 is 38.4 Å². The zero-order valence-electron chi connectivity index (χ0n) is 18.7. The SMILES string of the molecule is CCC(NC(=O)CN(c1ccccc1Cl)S(=O)(=O)c1ccccc1)c1ccc(S(C)(=O)=O)cc1. The number of anilines is 1. The topological polar surface area (TPSA) is 101 Å². The summed E-state index contributed by atoms with van der Waals surface area (Å²) >= 11 is 6.29. The van der Waals surface area contributed by atoms with E-state index in [2.05, 4.69) is 5.32 Å². The van der Waals surface area contributed by atoms with E-state index in [1.54, 1.807) is 48.5 Å². The van der Waals surface area contributed by atoms with Crippen LogP contribution in [0.4, 0.5) is 5.69 Å². The fraction of sp³-hybridized carbons (Fsp3) is 0.208. The number of para-hydroxylation sites is 1. The molecule has 180 valence electrons. The van der Waals surface area contributed by atoms with Crippen molar-refractivity contribution in [1.82, 2.24) is 5.32 Å². The van der Waals surface area contributed by atoms with Crippen molar-refractivity contribution in [2.75, 3.05) is 17.1 Å². The smallest absolute Gasteiger partial charge is 0.264 e. The molecule has 0 heterocycles. The standard InChI is InChI=1S/C24H25ClN2O5S2/c1-3-22(18-13-15-19(16-14-18)33(2,29)30)26-24(28)17-27(23-12-8-7-11-21(23)25)34(31,32)20-9-5-4-6-10-20/h4-16,22H,3,17H2,1-2H3,(H,26,28). The van der Waals surface area contributed by atoms with Crippen molar-refractivity contribution in [3.63, 3.8) is 0 Å². The summed E-state index contributed by atoms with van der Waals surface area (Å²) in [7, 11) is -7.42. The highest BCUT2D eigenvalue weighted by molar-refractivity contribution is 7.93. The summed E-state index contributed by atoms with van der Waals surface area (Å²) < 4.78 is 51.2. The number of sulfone groups is 1. The van der Waals surface area contributed by atoms with E-state index >= 15 is 0 Å². The number of carbonyl (C=O) groups is 1. The Morgan fingerprint density at radius 1 is 0.882 bits per heavy atom. The molecule has 1 N–H and O–H groups in total. The second-order valence-corrected chi connectivity index (χ2v) is 11.9. The molecule has 0 aliphatic rings. The van der Waals surface area contributed by atoms with Gasteiger partial charge in [-0.1, -0.05) is 61.0 Å². The molecule has 1 unspecified atom stereocenters. The molecule has 1 amide bonds. The third-order valence-corrected chi connectivity index (χ3v) is 8.42. The maximum Gasteiger partial charge on any atom is 0.264 e. The molecule has 34 heavy (non-hydrogen) atoms. The zero-order chi connectivity index (χ0) is 24.9. The number of sulfonamides is 1. The molecule has 1 atom stereocenters. The van der Waals surface area contributed by atoms with Gasteiger partial charge in [0.25, 0.3) is 10.0 Å². The van der Waals surface area contributed by atoms with Gasteiger partial charge in [0, 0.05) is 6.26 Å². The van der Waals surface area contributed by atoms with Crippen LogP contribution in [0.1, 0.15) is 24.9 Å². The largest absolute Gasteiger partial charge is 0.348 e. The van der Waals surface area contributed by atoms with Crippen LogP contribution in [0.2, 0.25) is 5.02 Å². The summed E-state index contributed by atoms with van der Waals surface area (Å²) in [6.07, 6.45) is 1.64. The maximum absolute atomic E-state index is 13.4. The van der Waals surface area contributed by atoms with E-state index in [0.717, 1.165) is 10.6 Å². The van der Waals surface area contributed by atoms with E-state index in [1.807, 2.05) is 6.92 Å². The molecule has 3 rings (SSSR count). The van der Waals surface area contributed by atoms with Crippen molar-refractivity contribution in [2.45, 2.75) is 29.2 Å². The Morgan fingerprint density at radius 3 is 2.03 bits per heavy atom. The number of hydrogen-bond donors (Lipinski definition) is 1. The predicted octanol–water partition coefficient (Wildman–Crippen LogP) is 4.21. The molecule has 0 aliphatic heterocycles. The molecule has 0 spiro atoms.